The molecule has 0 aromatic carbocycles. The van der Waals surface area contributed by atoms with Crippen LogP contribution >= 0.6 is 0 Å². The number of carbonyl (C=O) groups excluding carboxylic acids is 1. The molecule has 3 rings (SSSR count). The van der Waals surface area contributed by atoms with Gasteiger partial charge < -0.3 is 20.1 Å². The molecule has 2 aliphatic heterocycles. The third-order valence-electron chi connectivity index (χ3n) is 5.70. The Morgan fingerprint density at radius 2 is 1.85 bits per heavy atom. The molecule has 0 radical (unpaired) electrons. The van der Waals surface area contributed by atoms with Gasteiger partial charge in [0, 0.05) is 45.4 Å². The summed E-state index contributed by atoms with van der Waals surface area (Å²) in [7, 11) is -3.26. The minimum atomic E-state index is -3.26. The predicted molar refractivity (Wildman–Crippen MR) is 97.5 cm³/mol. The number of hydrogen-bond donors (Lipinski definition) is 2. The highest BCUT2D eigenvalue weighted by Gasteiger charge is 2.52. The summed E-state index contributed by atoms with van der Waals surface area (Å²) in [6.45, 7) is 6.55. The Bertz CT molecular complexity index is 600. The molecule has 150 valence electrons. The average molecular weight is 390 g/mol. The summed E-state index contributed by atoms with van der Waals surface area (Å²) in [5.74, 6) is 0. The van der Waals surface area contributed by atoms with E-state index in [1.165, 1.54) is 0 Å². The van der Waals surface area contributed by atoms with E-state index >= 15 is 0 Å². The third-order valence-corrected chi connectivity index (χ3v) is 8.10. The largest absolute Gasteiger partial charge is 0.381 e. The number of nitrogens with one attached hydrogen (secondary N) is 2. The van der Waals surface area contributed by atoms with Crippen LogP contribution in [-0.4, -0.2) is 74.6 Å². The van der Waals surface area contributed by atoms with Crippen molar-refractivity contribution in [2.75, 3.05) is 32.9 Å². The summed E-state index contributed by atoms with van der Waals surface area (Å²) in [6, 6.07) is -0.131. The fourth-order valence-electron chi connectivity index (χ4n) is 3.86. The van der Waals surface area contributed by atoms with Crippen LogP contribution < -0.4 is 10.6 Å². The Labute approximate surface area is 156 Å². The minimum Gasteiger partial charge on any atom is -0.381 e. The normalized spacial score (nSPS) is 31.5. The molecular formula is C17H31N3O5S. The molecule has 2 heterocycles. The van der Waals surface area contributed by atoms with Gasteiger partial charge in [0.2, 0.25) is 10.0 Å². The van der Waals surface area contributed by atoms with Crippen LogP contribution in [0.4, 0.5) is 4.79 Å². The quantitative estimate of drug-likeness (QED) is 0.701. The van der Waals surface area contributed by atoms with Gasteiger partial charge in [-0.25, -0.2) is 17.5 Å². The molecule has 2 amide bonds. The first-order valence-corrected chi connectivity index (χ1v) is 11.1. The highest BCUT2D eigenvalue weighted by atomic mass is 32.2. The van der Waals surface area contributed by atoms with E-state index in [4.69, 9.17) is 9.47 Å². The lowest BCUT2D eigenvalue weighted by Crippen LogP contribution is -2.51. The molecule has 2 N–H and O–H groups in total. The van der Waals surface area contributed by atoms with Gasteiger partial charge in [0.05, 0.1) is 16.9 Å². The molecular weight excluding hydrogens is 358 g/mol. The van der Waals surface area contributed by atoms with Crippen LogP contribution in [0.3, 0.4) is 0 Å². The molecule has 0 aromatic heterocycles. The number of ether oxygens (including phenoxy) is 2. The number of sulfonamides is 1. The lowest BCUT2D eigenvalue weighted by molar-refractivity contribution is 0.0492. The smallest absolute Gasteiger partial charge is 0.315 e. The summed E-state index contributed by atoms with van der Waals surface area (Å²) >= 11 is 0. The lowest BCUT2D eigenvalue weighted by atomic mass is 10.1. The molecule has 0 unspecified atom stereocenters. The first kappa shape index (κ1) is 19.9. The minimum absolute atomic E-state index is 0.00763. The first-order valence-electron chi connectivity index (χ1n) is 9.63. The van der Waals surface area contributed by atoms with Crippen LogP contribution in [0.1, 0.15) is 46.0 Å². The van der Waals surface area contributed by atoms with Gasteiger partial charge in [-0.2, -0.15) is 0 Å². The molecule has 2 atom stereocenters. The van der Waals surface area contributed by atoms with Gasteiger partial charge in [-0.15, -0.1) is 0 Å². The maximum absolute atomic E-state index is 12.7. The molecule has 0 aromatic rings. The monoisotopic (exact) mass is 389 g/mol. The van der Waals surface area contributed by atoms with Crippen molar-refractivity contribution in [3.05, 3.63) is 0 Å². The topological polar surface area (TPSA) is 97.0 Å². The van der Waals surface area contributed by atoms with E-state index in [9.17, 15) is 13.2 Å². The molecule has 3 aliphatic rings. The van der Waals surface area contributed by atoms with E-state index in [2.05, 4.69) is 10.6 Å². The second-order valence-corrected chi connectivity index (χ2v) is 9.86. The molecule has 0 bridgehead atoms. The maximum atomic E-state index is 12.7. The summed E-state index contributed by atoms with van der Waals surface area (Å²) in [5, 5.41) is 5.60. The summed E-state index contributed by atoms with van der Waals surface area (Å²) in [6.07, 6.45) is 3.26. The standard InChI is InChI=1S/C17H31N3O5S/c1-3-25-17(2)12-15(17)19-16(21)18-13-4-8-20(9-5-13)26(22,23)14-6-10-24-11-7-14/h13-15H,3-12H2,1-2H3,(H2,18,19,21)/t15-,17+/m1/s1. The number of rotatable bonds is 6. The summed E-state index contributed by atoms with van der Waals surface area (Å²) < 4.78 is 37.9. The van der Waals surface area contributed by atoms with Crippen molar-refractivity contribution < 1.29 is 22.7 Å². The van der Waals surface area contributed by atoms with Crippen molar-refractivity contribution in [1.29, 1.82) is 0 Å². The van der Waals surface area contributed by atoms with Gasteiger partial charge >= 0.3 is 6.03 Å². The Kier molecular flexibility index (Phi) is 6.11. The molecule has 1 aliphatic carbocycles. The van der Waals surface area contributed by atoms with Crippen LogP contribution in [0.2, 0.25) is 0 Å². The predicted octanol–water partition coefficient (Wildman–Crippen LogP) is 0.826. The van der Waals surface area contributed by atoms with Gasteiger partial charge in [-0.1, -0.05) is 0 Å². The molecule has 9 heteroatoms. The highest BCUT2D eigenvalue weighted by molar-refractivity contribution is 7.89. The van der Waals surface area contributed by atoms with Crippen molar-refractivity contribution in [2.24, 2.45) is 0 Å². The van der Waals surface area contributed by atoms with Crippen LogP contribution in [0.5, 0.6) is 0 Å². The van der Waals surface area contributed by atoms with Crippen molar-refractivity contribution in [3.63, 3.8) is 0 Å². The van der Waals surface area contributed by atoms with Gasteiger partial charge in [-0.05, 0) is 39.5 Å². The van der Waals surface area contributed by atoms with Gasteiger partial charge in [0.1, 0.15) is 0 Å². The number of piperidine rings is 1. The number of amides is 2. The zero-order valence-electron chi connectivity index (χ0n) is 15.7. The van der Waals surface area contributed by atoms with Gasteiger partial charge in [0.25, 0.3) is 0 Å². The Morgan fingerprint density at radius 3 is 2.46 bits per heavy atom. The van der Waals surface area contributed by atoms with E-state index in [0.717, 1.165) is 6.42 Å². The number of urea groups is 1. The lowest BCUT2D eigenvalue weighted by Gasteiger charge is -2.35. The number of hydrogen-bond acceptors (Lipinski definition) is 5. The van der Waals surface area contributed by atoms with E-state index in [0.29, 0.717) is 58.6 Å². The molecule has 26 heavy (non-hydrogen) atoms. The number of carbonyl (C=O) groups is 1. The van der Waals surface area contributed by atoms with Crippen molar-refractivity contribution in [3.8, 4) is 0 Å². The van der Waals surface area contributed by atoms with Gasteiger partial charge in [0.15, 0.2) is 0 Å². The average Bonchev–Trinajstić information content (AvgIpc) is 3.25. The first-order chi connectivity index (χ1) is 12.3. The van der Waals surface area contributed by atoms with E-state index in [-0.39, 0.29) is 29.0 Å². The van der Waals surface area contributed by atoms with Gasteiger partial charge in [-0.3, -0.25) is 0 Å². The molecule has 2 saturated heterocycles. The highest BCUT2D eigenvalue weighted by Crippen LogP contribution is 2.39. The molecule has 8 nitrogen and oxygen atoms in total. The van der Waals surface area contributed by atoms with Crippen LogP contribution in [0.25, 0.3) is 0 Å². The number of nitrogens with zero attached hydrogens (tertiary/aromatic N) is 1. The Balaban J connectivity index is 1.42. The SMILES string of the molecule is CCO[C@@]1(C)C[C@H]1NC(=O)NC1CCN(S(=O)(=O)C2CCOCC2)CC1. The van der Waals surface area contributed by atoms with Crippen LogP contribution in [-0.2, 0) is 19.5 Å². The fraction of sp³-hybridized carbons (Fsp3) is 0.941. The third kappa shape index (κ3) is 4.49. The second-order valence-electron chi connectivity index (χ2n) is 7.65. The molecule has 1 saturated carbocycles. The zero-order chi connectivity index (χ0) is 18.8. The maximum Gasteiger partial charge on any atom is 0.315 e. The Morgan fingerprint density at radius 1 is 1.19 bits per heavy atom. The van der Waals surface area contributed by atoms with Crippen molar-refractivity contribution in [2.45, 2.75) is 68.9 Å². The van der Waals surface area contributed by atoms with E-state index in [1.807, 2.05) is 13.8 Å². The second kappa shape index (κ2) is 8.00. The van der Waals surface area contributed by atoms with Crippen LogP contribution in [0, 0.1) is 0 Å². The Hall–Kier alpha value is -0.900. The summed E-state index contributed by atoms with van der Waals surface area (Å²) in [5.41, 5.74) is -0.243. The molecule has 0 spiro atoms. The summed E-state index contributed by atoms with van der Waals surface area (Å²) in [4.78, 5) is 12.2. The van der Waals surface area contributed by atoms with Crippen molar-refractivity contribution >= 4 is 16.1 Å². The van der Waals surface area contributed by atoms with Crippen molar-refractivity contribution in [1.82, 2.24) is 14.9 Å². The van der Waals surface area contributed by atoms with Crippen LogP contribution in [0.15, 0.2) is 0 Å². The van der Waals surface area contributed by atoms with E-state index < -0.39 is 10.0 Å². The molecule has 3 fully saturated rings. The fourth-order valence-corrected chi connectivity index (χ4v) is 5.79. The zero-order valence-corrected chi connectivity index (χ0v) is 16.5. The van der Waals surface area contributed by atoms with E-state index in [1.54, 1.807) is 4.31 Å².